The van der Waals surface area contributed by atoms with Crippen molar-refractivity contribution in [2.75, 3.05) is 0 Å². The first kappa shape index (κ1) is 8.33. The first-order valence-corrected chi connectivity index (χ1v) is 5.42. The molecule has 0 unspecified atom stereocenters. The van der Waals surface area contributed by atoms with Gasteiger partial charge in [0.05, 0.1) is 0 Å². The first-order chi connectivity index (χ1) is 6.42. The quantitative estimate of drug-likeness (QED) is 0.658. The predicted molar refractivity (Wildman–Crippen MR) is 56.8 cm³/mol. The topological polar surface area (TPSA) is 9.86 Å². The van der Waals surface area contributed by atoms with Crippen molar-refractivity contribution < 1.29 is 0 Å². The molecule has 0 saturated carbocycles. The number of aromatic nitrogens is 2. The second kappa shape index (κ2) is 3.63. The molecule has 3 heteroatoms. The molecule has 0 bridgehead atoms. The van der Waals surface area contributed by atoms with E-state index < -0.39 is 8.22 Å². The van der Waals surface area contributed by atoms with Crippen molar-refractivity contribution in [1.82, 2.24) is 8.68 Å². The van der Waals surface area contributed by atoms with Crippen LogP contribution >= 0.6 is 8.22 Å². The molecule has 2 aromatic heterocycles. The van der Waals surface area contributed by atoms with Gasteiger partial charge in [-0.25, -0.2) is 0 Å². The van der Waals surface area contributed by atoms with Gasteiger partial charge in [-0.3, -0.25) is 0 Å². The lowest BCUT2D eigenvalue weighted by atomic mass is 10.7. The summed E-state index contributed by atoms with van der Waals surface area (Å²) in [5.41, 5.74) is 0. The molecule has 0 aliphatic heterocycles. The molecular formula is C10H11N2P. The zero-order valence-corrected chi connectivity index (χ0v) is 8.14. The van der Waals surface area contributed by atoms with Crippen LogP contribution in [0.25, 0.3) is 0 Å². The normalized spacial score (nSPS) is 10.5. The number of rotatable bonds is 3. The summed E-state index contributed by atoms with van der Waals surface area (Å²) < 4.78 is 4.34. The number of nitrogens with zero attached hydrogens (tertiary/aromatic N) is 2. The van der Waals surface area contributed by atoms with E-state index in [4.69, 9.17) is 0 Å². The maximum absolute atomic E-state index is 3.86. The summed E-state index contributed by atoms with van der Waals surface area (Å²) in [6.45, 7) is 3.86. The van der Waals surface area contributed by atoms with E-state index in [9.17, 15) is 0 Å². The molecule has 0 saturated heterocycles. The van der Waals surface area contributed by atoms with E-state index in [1.165, 1.54) is 0 Å². The average molecular weight is 190 g/mol. The maximum atomic E-state index is 3.86. The summed E-state index contributed by atoms with van der Waals surface area (Å²) >= 11 is 0. The smallest absolute Gasteiger partial charge is 0.128 e. The van der Waals surface area contributed by atoms with Gasteiger partial charge in [0, 0.05) is 24.8 Å². The highest BCUT2D eigenvalue weighted by Gasteiger charge is 2.05. The molecule has 0 atom stereocenters. The molecular weight excluding hydrogens is 179 g/mol. The van der Waals surface area contributed by atoms with Crippen molar-refractivity contribution in [3.63, 3.8) is 0 Å². The van der Waals surface area contributed by atoms with Crippen LogP contribution in [-0.4, -0.2) is 8.68 Å². The summed E-state index contributed by atoms with van der Waals surface area (Å²) in [4.78, 5) is 0. The molecule has 2 rings (SSSR count). The van der Waals surface area contributed by atoms with Crippen LogP contribution in [0.1, 0.15) is 0 Å². The predicted octanol–water partition coefficient (Wildman–Crippen LogP) is 3.14. The van der Waals surface area contributed by atoms with Gasteiger partial charge >= 0.3 is 0 Å². The minimum absolute atomic E-state index is 0.477. The summed E-state index contributed by atoms with van der Waals surface area (Å²) in [6, 6.07) is 8.12. The van der Waals surface area contributed by atoms with E-state index >= 15 is 0 Å². The van der Waals surface area contributed by atoms with Crippen molar-refractivity contribution >= 4 is 8.22 Å². The maximum Gasteiger partial charge on any atom is 0.128 e. The highest BCUT2D eigenvalue weighted by molar-refractivity contribution is 7.57. The Bertz CT molecular complexity index is 327. The van der Waals surface area contributed by atoms with E-state index in [0.717, 1.165) is 0 Å². The van der Waals surface area contributed by atoms with Gasteiger partial charge in [0.2, 0.25) is 0 Å². The summed E-state index contributed by atoms with van der Waals surface area (Å²) in [7, 11) is -0.477. The number of hydrogen-bond donors (Lipinski definition) is 0. The van der Waals surface area contributed by atoms with E-state index in [-0.39, 0.29) is 0 Å². The van der Waals surface area contributed by atoms with E-state index in [2.05, 4.69) is 40.0 Å². The standard InChI is InChI=1S/C10H11N2P/c1-2-13(11-7-3-4-8-11)12-9-5-6-10-12/h2-10H,1H2. The lowest BCUT2D eigenvalue weighted by Gasteiger charge is -2.15. The van der Waals surface area contributed by atoms with Gasteiger partial charge < -0.3 is 8.68 Å². The third-order valence-corrected chi connectivity index (χ3v) is 3.62. The summed E-state index contributed by atoms with van der Waals surface area (Å²) in [5.74, 6) is 1.98. The van der Waals surface area contributed by atoms with Gasteiger partial charge in [-0.15, -0.1) is 0 Å². The fourth-order valence-electron chi connectivity index (χ4n) is 1.23. The zero-order valence-electron chi connectivity index (χ0n) is 7.24. The van der Waals surface area contributed by atoms with Gasteiger partial charge in [-0.2, -0.15) is 0 Å². The molecule has 0 amide bonds. The third kappa shape index (κ3) is 1.58. The largest absolute Gasteiger partial charge is 0.313 e. The van der Waals surface area contributed by atoms with Gasteiger partial charge in [0.25, 0.3) is 0 Å². The minimum Gasteiger partial charge on any atom is -0.313 e. The Morgan fingerprint density at radius 2 is 1.23 bits per heavy atom. The van der Waals surface area contributed by atoms with Crippen molar-refractivity contribution in [3.05, 3.63) is 61.4 Å². The molecule has 2 nitrogen and oxygen atoms in total. The van der Waals surface area contributed by atoms with Crippen molar-refractivity contribution in [2.45, 2.75) is 0 Å². The molecule has 0 N–H and O–H groups in total. The second-order valence-corrected chi connectivity index (χ2v) is 4.56. The van der Waals surface area contributed by atoms with E-state index in [1.807, 2.05) is 30.1 Å². The molecule has 0 radical (unpaired) electrons. The minimum atomic E-state index is -0.477. The second-order valence-electron chi connectivity index (χ2n) is 2.63. The van der Waals surface area contributed by atoms with Crippen molar-refractivity contribution in [3.8, 4) is 0 Å². The molecule has 0 fully saturated rings. The van der Waals surface area contributed by atoms with Crippen LogP contribution in [-0.2, 0) is 0 Å². The zero-order chi connectivity index (χ0) is 9.10. The van der Waals surface area contributed by atoms with Crippen LogP contribution in [0.4, 0.5) is 0 Å². The molecule has 0 aromatic carbocycles. The fraction of sp³-hybridized carbons (Fsp3) is 0. The van der Waals surface area contributed by atoms with Crippen molar-refractivity contribution in [1.29, 1.82) is 0 Å². The molecule has 2 heterocycles. The van der Waals surface area contributed by atoms with Gasteiger partial charge in [0.15, 0.2) is 0 Å². The van der Waals surface area contributed by atoms with Crippen molar-refractivity contribution in [2.24, 2.45) is 0 Å². The first-order valence-electron chi connectivity index (χ1n) is 4.10. The van der Waals surface area contributed by atoms with Crippen LogP contribution in [0.3, 0.4) is 0 Å². The molecule has 0 aliphatic carbocycles. The Morgan fingerprint density at radius 1 is 0.846 bits per heavy atom. The Balaban J connectivity index is 2.35. The third-order valence-electron chi connectivity index (χ3n) is 1.81. The van der Waals surface area contributed by atoms with Crippen LogP contribution < -0.4 is 0 Å². The van der Waals surface area contributed by atoms with Crippen LogP contribution in [0, 0.1) is 0 Å². The Hall–Kier alpha value is -1.27. The van der Waals surface area contributed by atoms with Gasteiger partial charge in [-0.1, -0.05) is 6.58 Å². The Morgan fingerprint density at radius 3 is 1.54 bits per heavy atom. The lowest BCUT2D eigenvalue weighted by molar-refractivity contribution is 1.15. The number of hydrogen-bond acceptors (Lipinski definition) is 0. The molecule has 66 valence electrons. The Labute approximate surface area is 79.0 Å². The monoisotopic (exact) mass is 190 g/mol. The van der Waals surface area contributed by atoms with Crippen LogP contribution in [0.15, 0.2) is 61.4 Å². The summed E-state index contributed by atoms with van der Waals surface area (Å²) in [6.07, 6.45) is 8.25. The molecule has 2 aromatic rings. The van der Waals surface area contributed by atoms with Gasteiger partial charge in [0.1, 0.15) is 8.22 Å². The highest BCUT2D eigenvalue weighted by Crippen LogP contribution is 2.39. The fourth-order valence-corrected chi connectivity index (χ4v) is 2.70. The van der Waals surface area contributed by atoms with Crippen LogP contribution in [0.2, 0.25) is 0 Å². The average Bonchev–Trinajstić information content (AvgIpc) is 2.76. The SMILES string of the molecule is C=CP(n1cccc1)n1cccc1. The lowest BCUT2D eigenvalue weighted by Crippen LogP contribution is -1.93. The van der Waals surface area contributed by atoms with E-state index in [1.54, 1.807) is 0 Å². The Kier molecular flexibility index (Phi) is 2.33. The van der Waals surface area contributed by atoms with Gasteiger partial charge in [-0.05, 0) is 30.1 Å². The van der Waals surface area contributed by atoms with Crippen LogP contribution in [0.5, 0.6) is 0 Å². The molecule has 13 heavy (non-hydrogen) atoms. The van der Waals surface area contributed by atoms with E-state index in [0.29, 0.717) is 0 Å². The summed E-state index contributed by atoms with van der Waals surface area (Å²) in [5, 5.41) is 0. The molecule has 0 aliphatic rings. The highest BCUT2D eigenvalue weighted by atomic mass is 31.1. The molecule has 0 spiro atoms.